The van der Waals surface area contributed by atoms with Crippen LogP contribution in [0.3, 0.4) is 0 Å². The first-order valence-electron chi connectivity index (χ1n) is 6.53. The van der Waals surface area contributed by atoms with Crippen molar-refractivity contribution in [2.45, 2.75) is 20.0 Å². The van der Waals surface area contributed by atoms with Crippen molar-refractivity contribution >= 4 is 12.0 Å². The number of hydrogen-bond acceptors (Lipinski definition) is 3. The molecule has 2 rings (SSSR count). The predicted molar refractivity (Wildman–Crippen MR) is 76.9 cm³/mol. The van der Waals surface area contributed by atoms with Crippen molar-refractivity contribution in [2.24, 2.45) is 0 Å². The molecule has 0 bridgehead atoms. The molecule has 102 valence electrons. The van der Waals surface area contributed by atoms with Gasteiger partial charge in [0.05, 0.1) is 0 Å². The van der Waals surface area contributed by atoms with Gasteiger partial charge in [-0.25, -0.2) is 0 Å². The molecule has 0 spiro atoms. The summed E-state index contributed by atoms with van der Waals surface area (Å²) < 4.78 is 5.78. The molecule has 0 aliphatic carbocycles. The smallest absolute Gasteiger partial charge is 0.261 e. The average Bonchev–Trinajstić information content (AvgIpc) is 2.45. The number of amides is 1. The number of benzene rings is 1. The number of nitriles is 1. The van der Waals surface area contributed by atoms with Crippen LogP contribution in [0.1, 0.15) is 19.4 Å². The lowest BCUT2D eigenvalue weighted by Gasteiger charge is -2.22. The highest BCUT2D eigenvalue weighted by atomic mass is 16.5. The first-order valence-corrected chi connectivity index (χ1v) is 6.53. The van der Waals surface area contributed by atoms with Crippen molar-refractivity contribution in [3.05, 3.63) is 47.1 Å². The van der Waals surface area contributed by atoms with Gasteiger partial charge in [0.25, 0.3) is 5.91 Å². The van der Waals surface area contributed by atoms with Crippen LogP contribution in [-0.2, 0) is 4.79 Å². The van der Waals surface area contributed by atoms with E-state index in [2.05, 4.69) is 5.32 Å². The van der Waals surface area contributed by atoms with E-state index in [1.807, 2.05) is 50.3 Å². The van der Waals surface area contributed by atoms with E-state index in [4.69, 9.17) is 10.00 Å². The summed E-state index contributed by atoms with van der Waals surface area (Å²) in [5.41, 5.74) is 1.85. The number of para-hydroxylation sites is 1. The maximum absolute atomic E-state index is 11.7. The zero-order valence-electron chi connectivity index (χ0n) is 11.5. The fourth-order valence-electron chi connectivity index (χ4n) is 1.99. The summed E-state index contributed by atoms with van der Waals surface area (Å²) in [6, 6.07) is 9.60. The average molecular weight is 268 g/mol. The number of ether oxygens (including phenoxy) is 1. The van der Waals surface area contributed by atoms with E-state index in [9.17, 15) is 4.79 Å². The second kappa shape index (κ2) is 6.07. The number of hydrogen-bond donors (Lipinski definition) is 1. The number of fused-ring (bicyclic) bond motifs is 1. The second-order valence-corrected chi connectivity index (χ2v) is 4.47. The Morgan fingerprint density at radius 2 is 2.25 bits per heavy atom. The van der Waals surface area contributed by atoms with Crippen LogP contribution in [0.5, 0.6) is 5.75 Å². The summed E-state index contributed by atoms with van der Waals surface area (Å²) in [7, 11) is 0. The molecule has 4 nitrogen and oxygen atoms in total. The molecule has 0 saturated carbocycles. The Kier molecular flexibility index (Phi) is 4.21. The first kappa shape index (κ1) is 13.9. The van der Waals surface area contributed by atoms with Gasteiger partial charge in [0.15, 0.2) is 0 Å². The summed E-state index contributed by atoms with van der Waals surface area (Å²) in [6.45, 7) is 4.20. The minimum atomic E-state index is -0.359. The molecule has 1 aliphatic heterocycles. The van der Waals surface area contributed by atoms with Crippen molar-refractivity contribution in [1.29, 1.82) is 5.26 Å². The summed E-state index contributed by atoms with van der Waals surface area (Å²) in [5, 5.41) is 11.7. The van der Waals surface area contributed by atoms with Gasteiger partial charge >= 0.3 is 0 Å². The minimum Gasteiger partial charge on any atom is -0.485 e. The third kappa shape index (κ3) is 2.89. The monoisotopic (exact) mass is 268 g/mol. The second-order valence-electron chi connectivity index (χ2n) is 4.47. The van der Waals surface area contributed by atoms with Gasteiger partial charge in [-0.3, -0.25) is 4.79 Å². The van der Waals surface area contributed by atoms with E-state index in [-0.39, 0.29) is 17.6 Å². The number of rotatable bonds is 3. The molecule has 1 unspecified atom stereocenters. The molecule has 4 heteroatoms. The zero-order valence-corrected chi connectivity index (χ0v) is 11.5. The van der Waals surface area contributed by atoms with Crippen LogP contribution in [0.2, 0.25) is 0 Å². The Morgan fingerprint density at radius 3 is 2.95 bits per heavy atom. The van der Waals surface area contributed by atoms with E-state index in [0.29, 0.717) is 6.54 Å². The van der Waals surface area contributed by atoms with E-state index < -0.39 is 0 Å². The van der Waals surface area contributed by atoms with E-state index >= 15 is 0 Å². The minimum absolute atomic E-state index is 0.0907. The number of carbonyl (C=O) groups is 1. The lowest BCUT2D eigenvalue weighted by molar-refractivity contribution is -0.117. The Bertz CT molecular complexity index is 624. The summed E-state index contributed by atoms with van der Waals surface area (Å²) in [5.74, 6) is 0.454. The molecule has 0 fully saturated rings. The molecule has 1 N–H and O–H groups in total. The molecule has 0 radical (unpaired) electrons. The molecular weight excluding hydrogens is 252 g/mol. The summed E-state index contributed by atoms with van der Waals surface area (Å²) >= 11 is 0. The predicted octanol–water partition coefficient (Wildman–Crippen LogP) is 2.44. The SMILES string of the molecule is CCNC(=O)/C(C#N)=C/C1=Cc2ccccc2OC1C. The summed E-state index contributed by atoms with van der Waals surface area (Å²) in [4.78, 5) is 11.7. The molecule has 1 atom stereocenters. The number of nitrogens with one attached hydrogen (secondary N) is 1. The van der Waals surface area contributed by atoms with E-state index in [0.717, 1.165) is 16.9 Å². The van der Waals surface area contributed by atoms with Crippen molar-refractivity contribution in [3.8, 4) is 11.8 Å². The van der Waals surface area contributed by atoms with Gasteiger partial charge in [-0.05, 0) is 37.6 Å². The Balaban J connectivity index is 2.35. The van der Waals surface area contributed by atoms with Crippen LogP contribution in [0.15, 0.2) is 41.5 Å². The number of likely N-dealkylation sites (N-methyl/N-ethyl adjacent to an activating group) is 1. The van der Waals surface area contributed by atoms with Crippen molar-refractivity contribution in [3.63, 3.8) is 0 Å². The molecule has 0 aromatic heterocycles. The number of carbonyl (C=O) groups excluding carboxylic acids is 1. The van der Waals surface area contributed by atoms with Crippen LogP contribution in [0, 0.1) is 11.3 Å². The highest BCUT2D eigenvalue weighted by Gasteiger charge is 2.18. The molecule has 20 heavy (non-hydrogen) atoms. The third-order valence-electron chi connectivity index (χ3n) is 3.03. The highest BCUT2D eigenvalue weighted by Crippen LogP contribution is 2.30. The highest BCUT2D eigenvalue weighted by molar-refractivity contribution is 5.98. The standard InChI is InChI=1S/C16H16N2O2/c1-3-18-16(19)14(10-17)9-13-8-12-6-4-5-7-15(12)20-11(13)2/h4-9,11H,3H2,1-2H3,(H,18,19)/b14-9+. The Morgan fingerprint density at radius 1 is 1.50 bits per heavy atom. The normalized spacial score (nSPS) is 17.4. The van der Waals surface area contributed by atoms with Crippen LogP contribution in [0.25, 0.3) is 6.08 Å². The first-order chi connectivity index (χ1) is 9.65. The van der Waals surface area contributed by atoms with Crippen LogP contribution in [-0.4, -0.2) is 18.6 Å². The van der Waals surface area contributed by atoms with E-state index in [1.165, 1.54) is 0 Å². The maximum Gasteiger partial charge on any atom is 0.261 e. The topological polar surface area (TPSA) is 62.1 Å². The van der Waals surface area contributed by atoms with Gasteiger partial charge in [-0.2, -0.15) is 5.26 Å². The lowest BCUT2D eigenvalue weighted by atomic mass is 10.0. The molecule has 1 heterocycles. The molecule has 1 amide bonds. The number of nitrogens with zero attached hydrogens (tertiary/aromatic N) is 1. The molecule has 1 aliphatic rings. The van der Waals surface area contributed by atoms with Crippen LogP contribution < -0.4 is 10.1 Å². The van der Waals surface area contributed by atoms with Gasteiger partial charge < -0.3 is 10.1 Å². The molecule has 0 saturated heterocycles. The maximum atomic E-state index is 11.7. The quantitative estimate of drug-likeness (QED) is 0.676. The Labute approximate surface area is 118 Å². The van der Waals surface area contributed by atoms with Gasteiger partial charge in [0.1, 0.15) is 23.5 Å². The van der Waals surface area contributed by atoms with Gasteiger partial charge in [-0.1, -0.05) is 18.2 Å². The van der Waals surface area contributed by atoms with Gasteiger partial charge in [0.2, 0.25) is 0 Å². The molecular formula is C16H16N2O2. The Hall–Kier alpha value is -2.54. The van der Waals surface area contributed by atoms with Crippen LogP contribution in [0.4, 0.5) is 0 Å². The van der Waals surface area contributed by atoms with Gasteiger partial charge in [0, 0.05) is 12.1 Å². The fourth-order valence-corrected chi connectivity index (χ4v) is 1.99. The van der Waals surface area contributed by atoms with E-state index in [1.54, 1.807) is 6.08 Å². The molecule has 1 aromatic rings. The van der Waals surface area contributed by atoms with Gasteiger partial charge in [-0.15, -0.1) is 0 Å². The third-order valence-corrected chi connectivity index (χ3v) is 3.03. The lowest BCUT2D eigenvalue weighted by Crippen LogP contribution is -2.25. The van der Waals surface area contributed by atoms with Crippen molar-refractivity contribution < 1.29 is 9.53 Å². The van der Waals surface area contributed by atoms with Crippen molar-refractivity contribution in [2.75, 3.05) is 6.54 Å². The van der Waals surface area contributed by atoms with Crippen molar-refractivity contribution in [1.82, 2.24) is 5.32 Å². The zero-order chi connectivity index (χ0) is 14.5. The molecule has 1 aromatic carbocycles. The fraction of sp³-hybridized carbons (Fsp3) is 0.250. The van der Waals surface area contributed by atoms with Crippen LogP contribution >= 0.6 is 0 Å². The summed E-state index contributed by atoms with van der Waals surface area (Å²) in [6.07, 6.45) is 3.34. The largest absolute Gasteiger partial charge is 0.485 e.